The van der Waals surface area contributed by atoms with Gasteiger partial charge in [-0.15, -0.1) is 0 Å². The average molecular weight is 311 g/mol. The molecule has 1 unspecified atom stereocenters. The van der Waals surface area contributed by atoms with Crippen LogP contribution in [0.1, 0.15) is 0 Å². The molecule has 0 fully saturated rings. The molecule has 0 radical (unpaired) electrons. The number of nitrogens with one attached hydrogen (secondary N) is 1. The van der Waals surface area contributed by atoms with Gasteiger partial charge < -0.3 is 16.6 Å². The molecule has 3 nitrogen and oxygen atoms in total. The lowest BCUT2D eigenvalue weighted by molar-refractivity contribution is 0.670. The first-order valence-corrected chi connectivity index (χ1v) is 6.97. The lowest BCUT2D eigenvalue weighted by Gasteiger charge is -2.15. The summed E-state index contributed by atoms with van der Waals surface area (Å²) >= 11 is -0.0188. The van der Waals surface area contributed by atoms with Crippen molar-refractivity contribution >= 4 is 34.1 Å². The van der Waals surface area contributed by atoms with E-state index in [2.05, 4.69) is 30.6 Å². The first-order valence-electron chi connectivity index (χ1n) is 4.07. The normalized spacial score (nSPS) is 16.3. The molecule has 1 atom stereocenters. The maximum atomic E-state index is 5.62. The Morgan fingerprint density at radius 1 is 1.38 bits per heavy atom. The van der Waals surface area contributed by atoms with Crippen molar-refractivity contribution < 1.29 is 0 Å². The molecular weight excluding hydrogens is 296 g/mol. The summed E-state index contributed by atoms with van der Waals surface area (Å²) in [5.74, 6) is 0.381. The molecule has 0 aromatic rings. The van der Waals surface area contributed by atoms with Crippen molar-refractivity contribution in [2.75, 3.05) is 13.1 Å². The van der Waals surface area contributed by atoms with Crippen molar-refractivity contribution in [2.45, 2.75) is 0 Å². The standard InChI is InChI=1S/C8H15IN3P/c10-4-6(5-11)8-2-1-7(12-13)3-9-8/h1-3,6,12H,4-5,10-11,13H2. The van der Waals surface area contributed by atoms with E-state index in [1.807, 2.05) is 0 Å². The highest BCUT2D eigenvalue weighted by Crippen LogP contribution is 2.26. The smallest absolute Gasteiger partial charge is 0.0426 e. The van der Waals surface area contributed by atoms with E-state index in [-0.39, 0.29) is 20.7 Å². The van der Waals surface area contributed by atoms with Gasteiger partial charge in [0, 0.05) is 24.7 Å². The second kappa shape index (κ2) is 5.86. The van der Waals surface area contributed by atoms with Crippen LogP contribution >= 0.6 is 30.1 Å². The van der Waals surface area contributed by atoms with Gasteiger partial charge in [0.1, 0.15) is 0 Å². The third kappa shape index (κ3) is 3.13. The largest absolute Gasteiger partial charge is 0.369 e. The zero-order chi connectivity index (χ0) is 9.68. The van der Waals surface area contributed by atoms with Gasteiger partial charge in [0.15, 0.2) is 0 Å². The van der Waals surface area contributed by atoms with Crippen LogP contribution in [0.5, 0.6) is 0 Å². The van der Waals surface area contributed by atoms with Crippen LogP contribution in [-0.2, 0) is 0 Å². The van der Waals surface area contributed by atoms with Crippen molar-refractivity contribution in [3.8, 4) is 0 Å². The minimum Gasteiger partial charge on any atom is -0.369 e. The molecule has 0 aromatic heterocycles. The Kier molecular flexibility index (Phi) is 5.09. The molecule has 0 saturated heterocycles. The van der Waals surface area contributed by atoms with Crippen molar-refractivity contribution in [1.29, 1.82) is 0 Å². The number of hydrogen-bond donors (Lipinski definition) is 3. The number of halogens is 1. The molecule has 5 N–H and O–H groups in total. The molecule has 5 heteroatoms. The van der Waals surface area contributed by atoms with E-state index in [0.717, 1.165) is 0 Å². The van der Waals surface area contributed by atoms with Gasteiger partial charge in [-0.2, -0.15) is 0 Å². The van der Waals surface area contributed by atoms with Crippen LogP contribution < -0.4 is 16.6 Å². The second-order valence-electron chi connectivity index (χ2n) is 2.70. The number of nitrogens with two attached hydrogens (primary N) is 2. The number of allylic oxidation sites excluding steroid dienone is 3. The molecule has 1 aliphatic heterocycles. The monoisotopic (exact) mass is 311 g/mol. The van der Waals surface area contributed by atoms with Gasteiger partial charge >= 0.3 is 0 Å². The zero-order valence-corrected chi connectivity index (χ0v) is 10.6. The Morgan fingerprint density at radius 2 is 2.08 bits per heavy atom. The second-order valence-corrected chi connectivity index (χ2v) is 5.48. The van der Waals surface area contributed by atoms with Crippen LogP contribution in [0.15, 0.2) is 21.4 Å². The van der Waals surface area contributed by atoms with Crippen LogP contribution in [0.25, 0.3) is 0 Å². The highest BCUT2D eigenvalue weighted by atomic mass is 127. The van der Waals surface area contributed by atoms with Crippen molar-refractivity contribution in [1.82, 2.24) is 5.09 Å². The van der Waals surface area contributed by atoms with Crippen molar-refractivity contribution in [2.24, 2.45) is 17.4 Å². The average Bonchev–Trinajstić information content (AvgIpc) is 2.21. The maximum Gasteiger partial charge on any atom is 0.0426 e. The van der Waals surface area contributed by atoms with E-state index >= 15 is 0 Å². The SMILES string of the molecule is NCC(CN)C1=CC=C(NP)C=I1. The van der Waals surface area contributed by atoms with Gasteiger partial charge in [-0.05, 0) is 23.1 Å². The first-order chi connectivity index (χ1) is 6.31. The van der Waals surface area contributed by atoms with E-state index < -0.39 is 0 Å². The molecule has 0 saturated carbocycles. The minimum atomic E-state index is -0.0188. The fraction of sp³-hybridized carbons (Fsp3) is 0.375. The Balaban J connectivity index is 2.70. The molecule has 0 bridgehead atoms. The van der Waals surface area contributed by atoms with Crippen molar-refractivity contribution in [3.63, 3.8) is 0 Å². The maximum absolute atomic E-state index is 5.62. The fourth-order valence-electron chi connectivity index (χ4n) is 0.990. The van der Waals surface area contributed by atoms with E-state index in [0.29, 0.717) is 19.0 Å². The summed E-state index contributed by atoms with van der Waals surface area (Å²) < 4.78 is 3.69. The van der Waals surface area contributed by atoms with Gasteiger partial charge in [0.2, 0.25) is 0 Å². The van der Waals surface area contributed by atoms with Gasteiger partial charge in [-0.1, -0.05) is 26.8 Å². The van der Waals surface area contributed by atoms with Crippen LogP contribution in [-0.4, -0.2) is 17.1 Å². The minimum absolute atomic E-state index is 0.0188. The number of hydrogen-bond acceptors (Lipinski definition) is 3. The molecule has 0 aromatic carbocycles. The molecule has 0 spiro atoms. The first kappa shape index (κ1) is 11.3. The van der Waals surface area contributed by atoms with Crippen molar-refractivity contribution in [3.05, 3.63) is 21.4 Å². The summed E-state index contributed by atoms with van der Waals surface area (Å²) in [6, 6.07) is 0. The highest BCUT2D eigenvalue weighted by molar-refractivity contribution is 14.2. The fourth-order valence-corrected chi connectivity index (χ4v) is 4.00. The summed E-state index contributed by atoms with van der Waals surface area (Å²) in [6.07, 6.45) is 4.23. The summed E-state index contributed by atoms with van der Waals surface area (Å²) in [7, 11) is 2.50. The Hall–Kier alpha value is 0.230. The number of rotatable bonds is 4. The van der Waals surface area contributed by atoms with Gasteiger partial charge in [-0.25, -0.2) is 0 Å². The predicted octanol–water partition coefficient (Wildman–Crippen LogP) is 0.454. The topological polar surface area (TPSA) is 64.1 Å². The Bertz CT molecular complexity index is 256. The van der Waals surface area contributed by atoms with Crippen LogP contribution in [0, 0.1) is 5.92 Å². The molecule has 74 valence electrons. The van der Waals surface area contributed by atoms with E-state index in [4.69, 9.17) is 11.5 Å². The predicted molar refractivity (Wildman–Crippen MR) is 70.7 cm³/mol. The molecule has 1 rings (SSSR count). The molecule has 0 amide bonds. The molecule has 13 heavy (non-hydrogen) atoms. The third-order valence-electron chi connectivity index (χ3n) is 1.85. The molecular formula is C8H15IN3P. The quantitative estimate of drug-likeness (QED) is 0.522. The summed E-state index contributed by atoms with van der Waals surface area (Å²) in [4.78, 5) is 0. The molecule has 1 heterocycles. The van der Waals surface area contributed by atoms with Gasteiger partial charge in [0.25, 0.3) is 0 Å². The van der Waals surface area contributed by atoms with Crippen LogP contribution in [0.4, 0.5) is 0 Å². The molecule has 0 aliphatic carbocycles. The lowest BCUT2D eigenvalue weighted by atomic mass is 10.1. The summed E-state index contributed by atoms with van der Waals surface area (Å²) in [6.45, 7) is 1.32. The highest BCUT2D eigenvalue weighted by Gasteiger charge is 2.09. The van der Waals surface area contributed by atoms with Gasteiger partial charge in [0.05, 0.1) is 0 Å². The van der Waals surface area contributed by atoms with E-state index in [9.17, 15) is 0 Å². The lowest BCUT2D eigenvalue weighted by Crippen LogP contribution is -2.23. The Morgan fingerprint density at radius 3 is 2.46 bits per heavy atom. The van der Waals surface area contributed by atoms with Crippen LogP contribution in [0.3, 0.4) is 0 Å². The van der Waals surface area contributed by atoms with E-state index in [1.165, 1.54) is 9.28 Å². The van der Waals surface area contributed by atoms with Gasteiger partial charge in [-0.3, -0.25) is 0 Å². The third-order valence-corrected chi connectivity index (χ3v) is 5.12. The Labute approximate surface area is 91.0 Å². The molecule has 1 aliphatic rings. The van der Waals surface area contributed by atoms with Crippen LogP contribution in [0.2, 0.25) is 0 Å². The van der Waals surface area contributed by atoms with E-state index in [1.54, 1.807) is 0 Å². The summed E-state index contributed by atoms with van der Waals surface area (Å²) in [5.41, 5.74) is 12.4. The zero-order valence-electron chi connectivity index (χ0n) is 7.33. The summed E-state index contributed by atoms with van der Waals surface area (Å²) in [5, 5.41) is 3.04.